The molecule has 0 N–H and O–H groups in total. The fourth-order valence-corrected chi connectivity index (χ4v) is 4.29. The van der Waals surface area contributed by atoms with Crippen molar-refractivity contribution in [3.63, 3.8) is 0 Å². The molecule has 4 rings (SSSR count). The maximum absolute atomic E-state index is 4.15. The van der Waals surface area contributed by atoms with Crippen molar-refractivity contribution >= 4 is 5.84 Å². The zero-order valence-electron chi connectivity index (χ0n) is 33.5. The van der Waals surface area contributed by atoms with Gasteiger partial charge in [0.25, 0.3) is 0 Å². The number of hydrogen-bond donors (Lipinski definition) is 0. The Morgan fingerprint density at radius 1 is 0.512 bits per heavy atom. The van der Waals surface area contributed by atoms with E-state index < -0.39 is 0 Å². The van der Waals surface area contributed by atoms with Crippen molar-refractivity contribution < 1.29 is 0 Å². The summed E-state index contributed by atoms with van der Waals surface area (Å²) in [5, 5.41) is 10.4. The highest BCUT2D eigenvalue weighted by Gasteiger charge is 2.28. The Labute approximate surface area is 271 Å². The molecule has 0 aromatic heterocycles. The van der Waals surface area contributed by atoms with E-state index in [2.05, 4.69) is 123 Å². The molecule has 4 aliphatic rings. The normalized spacial score (nSPS) is 21.4. The molecule has 1 fully saturated rings. The SMILES string of the molecule is CC.CC.CC.CC.CC1=C(C)N(C)CN1C.CC1=C(C)N(C)N(C)C1.CC1=NN(C)CN1C.CC1C(C)N(C)CN1C. The summed E-state index contributed by atoms with van der Waals surface area (Å²) in [5.41, 5.74) is 5.63. The third kappa shape index (κ3) is 17.2. The van der Waals surface area contributed by atoms with E-state index in [1.165, 1.54) is 22.7 Å². The van der Waals surface area contributed by atoms with Crippen LogP contribution >= 0.6 is 0 Å². The molecule has 9 heteroatoms. The van der Waals surface area contributed by atoms with Gasteiger partial charge in [0.15, 0.2) is 0 Å². The highest BCUT2D eigenvalue weighted by molar-refractivity contribution is 5.80. The maximum Gasteiger partial charge on any atom is 0.123 e. The second-order valence-electron chi connectivity index (χ2n) is 10.7. The minimum Gasteiger partial charge on any atom is -0.359 e. The Bertz CT molecular complexity index is 750. The summed E-state index contributed by atoms with van der Waals surface area (Å²) in [4.78, 5) is 11.3. The Morgan fingerprint density at radius 3 is 0.977 bits per heavy atom. The number of likely N-dealkylation sites (N-methyl/N-ethyl adjacent to an activating group) is 3. The first-order chi connectivity index (χ1) is 20.1. The molecule has 0 aromatic carbocycles. The minimum absolute atomic E-state index is 0.718. The van der Waals surface area contributed by atoms with Crippen molar-refractivity contribution in [3.05, 3.63) is 22.7 Å². The molecule has 9 nitrogen and oxygen atoms in total. The van der Waals surface area contributed by atoms with E-state index in [0.717, 1.165) is 44.5 Å². The maximum atomic E-state index is 4.15. The first-order valence-electron chi connectivity index (χ1n) is 16.7. The Kier molecular flexibility index (Phi) is 29.5. The molecule has 43 heavy (non-hydrogen) atoms. The van der Waals surface area contributed by atoms with Crippen LogP contribution in [-0.2, 0) is 0 Å². The Morgan fingerprint density at radius 2 is 0.884 bits per heavy atom. The first kappa shape index (κ1) is 47.9. The van der Waals surface area contributed by atoms with Gasteiger partial charge in [0.1, 0.15) is 12.5 Å². The summed E-state index contributed by atoms with van der Waals surface area (Å²) in [7, 11) is 16.8. The second kappa shape index (κ2) is 26.4. The Balaban J connectivity index is -0.000000218. The zero-order chi connectivity index (χ0) is 35.2. The average molecular weight is 614 g/mol. The fraction of sp³-hybridized carbons (Fsp3) is 0.853. The number of hydrazone groups is 1. The van der Waals surface area contributed by atoms with Gasteiger partial charge in [0.2, 0.25) is 0 Å². The highest BCUT2D eigenvalue weighted by atomic mass is 15.6. The van der Waals surface area contributed by atoms with Gasteiger partial charge < -0.3 is 19.7 Å². The molecular formula is C34H79N9. The average Bonchev–Trinajstić information content (AvgIpc) is 3.60. The van der Waals surface area contributed by atoms with Crippen LogP contribution in [0.15, 0.2) is 27.8 Å². The lowest BCUT2D eigenvalue weighted by Gasteiger charge is -2.22. The van der Waals surface area contributed by atoms with E-state index in [1.54, 1.807) is 0 Å². The van der Waals surface area contributed by atoms with Crippen LogP contribution in [0, 0.1) is 0 Å². The molecule has 2 unspecified atom stereocenters. The van der Waals surface area contributed by atoms with Crippen LogP contribution in [0.3, 0.4) is 0 Å². The molecule has 0 aromatic rings. The smallest absolute Gasteiger partial charge is 0.123 e. The predicted molar refractivity (Wildman–Crippen MR) is 196 cm³/mol. The van der Waals surface area contributed by atoms with Gasteiger partial charge in [-0.2, -0.15) is 5.10 Å². The van der Waals surface area contributed by atoms with E-state index in [-0.39, 0.29) is 0 Å². The molecule has 2 atom stereocenters. The molecule has 0 spiro atoms. The fourth-order valence-electron chi connectivity index (χ4n) is 4.29. The molecule has 260 valence electrons. The number of hydrazine groups is 1. The zero-order valence-corrected chi connectivity index (χ0v) is 33.5. The summed E-state index contributed by atoms with van der Waals surface area (Å²) < 4.78 is 0. The molecule has 4 heterocycles. The minimum atomic E-state index is 0.718. The van der Waals surface area contributed by atoms with Gasteiger partial charge in [-0.15, -0.1) is 0 Å². The lowest BCUT2D eigenvalue weighted by atomic mass is 10.2. The molecule has 0 radical (unpaired) electrons. The number of allylic oxidation sites excluding steroid dienone is 3. The van der Waals surface area contributed by atoms with E-state index in [4.69, 9.17) is 0 Å². The van der Waals surface area contributed by atoms with Crippen molar-refractivity contribution in [3.8, 4) is 0 Å². The van der Waals surface area contributed by atoms with Crippen LogP contribution in [0.2, 0.25) is 0 Å². The van der Waals surface area contributed by atoms with Gasteiger partial charge in [-0.05, 0) is 68.1 Å². The van der Waals surface area contributed by atoms with Crippen LogP contribution in [0.25, 0.3) is 0 Å². The van der Waals surface area contributed by atoms with Crippen molar-refractivity contribution in [1.29, 1.82) is 0 Å². The van der Waals surface area contributed by atoms with Gasteiger partial charge in [-0.25, -0.2) is 5.01 Å². The van der Waals surface area contributed by atoms with Crippen molar-refractivity contribution in [2.24, 2.45) is 5.10 Å². The summed E-state index contributed by atoms with van der Waals surface area (Å²) >= 11 is 0. The molecule has 1 saturated heterocycles. The van der Waals surface area contributed by atoms with Gasteiger partial charge in [0, 0.05) is 78.0 Å². The quantitative estimate of drug-likeness (QED) is 0.289. The number of amidine groups is 1. The molecule has 0 amide bonds. The van der Waals surface area contributed by atoms with Crippen LogP contribution in [0.4, 0.5) is 0 Å². The molecule has 4 aliphatic heterocycles. The highest BCUT2D eigenvalue weighted by Crippen LogP contribution is 2.19. The van der Waals surface area contributed by atoms with Crippen LogP contribution in [0.1, 0.15) is 104 Å². The van der Waals surface area contributed by atoms with Gasteiger partial charge in [-0.1, -0.05) is 55.4 Å². The van der Waals surface area contributed by atoms with Crippen LogP contribution in [0.5, 0.6) is 0 Å². The van der Waals surface area contributed by atoms with E-state index in [1.807, 2.05) is 81.4 Å². The Hall–Kier alpha value is -1.97. The molecule has 0 bridgehead atoms. The molecule has 0 aliphatic carbocycles. The van der Waals surface area contributed by atoms with Gasteiger partial charge in [0.05, 0.1) is 13.3 Å². The topological polar surface area (TPSA) is 38.3 Å². The van der Waals surface area contributed by atoms with Gasteiger partial charge >= 0.3 is 0 Å². The molecular weight excluding hydrogens is 534 g/mol. The number of hydrogen-bond acceptors (Lipinski definition) is 9. The van der Waals surface area contributed by atoms with Crippen molar-refractivity contribution in [2.45, 2.75) is 116 Å². The monoisotopic (exact) mass is 614 g/mol. The van der Waals surface area contributed by atoms with E-state index in [9.17, 15) is 0 Å². The van der Waals surface area contributed by atoms with Crippen molar-refractivity contribution in [1.82, 2.24) is 39.5 Å². The third-order valence-electron chi connectivity index (χ3n) is 7.99. The van der Waals surface area contributed by atoms with Crippen molar-refractivity contribution in [2.75, 3.05) is 82.9 Å². The summed E-state index contributed by atoms with van der Waals surface area (Å²) in [5.74, 6) is 1.09. The standard InChI is InChI=1S/C7H16N2.2C7H14N2.C5H11N3.4C2H6/c2*1-6-7(2)9(4)5-8(6)3;1-6-5-8(3)9(4)7(6)2;1-5-6-8(3)4-7(5)2;4*1-2/h6-7H,5H2,1-4H3;2*5H2,1-4H3;4H2,1-3H3;4*1-2H3. The summed E-state index contributed by atoms with van der Waals surface area (Å²) in [6, 6.07) is 1.44. The first-order valence-corrected chi connectivity index (χ1v) is 16.7. The number of rotatable bonds is 0. The third-order valence-corrected chi connectivity index (χ3v) is 7.99. The number of nitrogens with zero attached hydrogens (tertiary/aromatic N) is 9. The lowest BCUT2D eigenvalue weighted by Crippen LogP contribution is -2.29. The largest absolute Gasteiger partial charge is 0.359 e. The summed E-state index contributed by atoms with van der Waals surface area (Å²) in [6.07, 6.45) is 0. The van der Waals surface area contributed by atoms with Crippen LogP contribution < -0.4 is 0 Å². The van der Waals surface area contributed by atoms with Gasteiger partial charge in [-0.3, -0.25) is 14.8 Å². The predicted octanol–water partition coefficient (Wildman–Crippen LogP) is 7.00. The van der Waals surface area contributed by atoms with Crippen LogP contribution in [-0.4, -0.2) is 140 Å². The molecule has 0 saturated carbocycles. The van der Waals surface area contributed by atoms with E-state index in [0.29, 0.717) is 0 Å². The second-order valence-corrected chi connectivity index (χ2v) is 10.7. The lowest BCUT2D eigenvalue weighted by molar-refractivity contribution is 0.102. The summed E-state index contributed by atoms with van der Waals surface area (Å²) in [6.45, 7) is 35.3. The van der Waals surface area contributed by atoms with E-state index >= 15 is 0 Å².